The van der Waals surface area contributed by atoms with Crippen molar-refractivity contribution < 1.29 is 47.5 Å². The molecule has 174 valence electrons. The molecule has 0 aliphatic heterocycles. The fourth-order valence-electron chi connectivity index (χ4n) is 5.00. The number of aryl methyl sites for hydroxylation is 1. The van der Waals surface area contributed by atoms with Crippen molar-refractivity contribution in [3.8, 4) is 22.3 Å². The summed E-state index contributed by atoms with van der Waals surface area (Å²) in [5, 5.41) is 1.35. The van der Waals surface area contributed by atoms with Crippen LogP contribution in [-0.4, -0.2) is 4.57 Å². The smallest absolute Gasteiger partial charge is 0.0454 e. The molecule has 5 aromatic rings. The molecular formula is C29H20BrCl2NSZr-2. The van der Waals surface area contributed by atoms with Crippen LogP contribution in [0.3, 0.4) is 0 Å². The van der Waals surface area contributed by atoms with Crippen LogP contribution in [0.25, 0.3) is 33.2 Å². The van der Waals surface area contributed by atoms with Crippen molar-refractivity contribution >= 4 is 35.7 Å². The second-order valence-electron chi connectivity index (χ2n) is 8.18. The Morgan fingerprint density at radius 2 is 1.54 bits per heavy atom. The number of benzene rings is 4. The maximum Gasteiger partial charge on any atom is -0.0454 e. The first kappa shape index (κ1) is 28.2. The molecule has 0 N–H and O–H groups in total. The maximum atomic E-state index is 4.17. The summed E-state index contributed by atoms with van der Waals surface area (Å²) in [6, 6.07) is 34.4. The van der Waals surface area contributed by atoms with Crippen molar-refractivity contribution in [2.75, 3.05) is 0 Å². The van der Waals surface area contributed by atoms with Crippen LogP contribution < -0.4 is 24.8 Å². The molecule has 0 fully saturated rings. The number of halogens is 3. The number of para-hydroxylation sites is 1. The van der Waals surface area contributed by atoms with E-state index in [-0.39, 0.29) is 24.8 Å². The third-order valence-corrected chi connectivity index (χ3v) is 6.91. The molecule has 35 heavy (non-hydrogen) atoms. The summed E-state index contributed by atoms with van der Waals surface area (Å²) in [6.07, 6.45) is 2.05. The van der Waals surface area contributed by atoms with E-state index in [2.05, 4.69) is 121 Å². The van der Waals surface area contributed by atoms with Crippen LogP contribution in [0.1, 0.15) is 22.4 Å². The van der Waals surface area contributed by atoms with Gasteiger partial charge < -0.3 is 29.4 Å². The zero-order chi connectivity index (χ0) is 22.9. The number of hydrogen-bond donors (Lipinski definition) is 0. The van der Waals surface area contributed by atoms with Gasteiger partial charge in [0, 0.05) is 18.3 Å². The van der Waals surface area contributed by atoms with Crippen LogP contribution in [0, 0.1) is 12.1 Å². The van der Waals surface area contributed by atoms with E-state index >= 15 is 0 Å². The van der Waals surface area contributed by atoms with Crippen molar-refractivity contribution in [3.05, 3.63) is 118 Å². The van der Waals surface area contributed by atoms with E-state index in [9.17, 15) is 0 Å². The van der Waals surface area contributed by atoms with Gasteiger partial charge >= 0.3 is 31.5 Å². The molecule has 1 nitrogen and oxygen atoms in total. The van der Waals surface area contributed by atoms with Gasteiger partial charge in [-0.15, -0.1) is 46.5 Å². The first-order chi connectivity index (χ1) is 16.2. The van der Waals surface area contributed by atoms with E-state index in [1.165, 1.54) is 55.5 Å². The van der Waals surface area contributed by atoms with Crippen LogP contribution in [-0.2, 0) is 42.6 Å². The summed E-state index contributed by atoms with van der Waals surface area (Å²) in [5.74, 6) is 0. The molecule has 0 unspecified atom stereocenters. The molecule has 0 atom stereocenters. The van der Waals surface area contributed by atoms with Gasteiger partial charge in [0.2, 0.25) is 0 Å². The van der Waals surface area contributed by atoms with Gasteiger partial charge in [0.05, 0.1) is 0 Å². The van der Waals surface area contributed by atoms with E-state index in [0.29, 0.717) is 0 Å². The average Bonchev–Trinajstić information content (AvgIpc) is 3.51. The molecule has 7 rings (SSSR count). The molecular weight excluding hydrogens is 636 g/mol. The van der Waals surface area contributed by atoms with Crippen molar-refractivity contribution in [3.63, 3.8) is 0 Å². The number of fused-ring (bicyclic) bond motifs is 8. The maximum absolute atomic E-state index is 4.17. The molecule has 2 aliphatic carbocycles. The number of aromatic nitrogens is 1. The first-order valence-electron chi connectivity index (χ1n) is 10.8. The minimum absolute atomic E-state index is 0. The molecule has 0 radical (unpaired) electrons. The van der Waals surface area contributed by atoms with E-state index in [0.717, 1.165) is 40.0 Å². The molecule has 1 aromatic heterocycles. The zero-order valence-corrected chi connectivity index (χ0v) is 25.3. The van der Waals surface area contributed by atoms with Crippen LogP contribution in [0.5, 0.6) is 0 Å². The van der Waals surface area contributed by atoms with Gasteiger partial charge in [-0.1, -0.05) is 74.0 Å². The summed E-state index contributed by atoms with van der Waals surface area (Å²) in [5.41, 5.74) is 12.2. The Hall–Kier alpha value is -1.42. The molecule has 1 heterocycles. The first-order valence-corrected chi connectivity index (χ1v) is 15.0. The van der Waals surface area contributed by atoms with Gasteiger partial charge in [0.25, 0.3) is 0 Å². The van der Waals surface area contributed by atoms with Crippen molar-refractivity contribution in [2.24, 2.45) is 7.05 Å². The summed E-state index contributed by atoms with van der Waals surface area (Å²) >= 11 is 4.64. The standard InChI is InChI=1S/C16H11BrN.C13H9.2ClH.S.Zr/c1-18-14-5-3-2-4-13(14)16-12-7-6-11(17)8-10(12)9-15(16)18;1-3-7-12-10(5-1)9-11-6-2-4-8-13(11)12;;;;/h2-7H,9H2,1H3;1-7H,9H2;2*1H;;/q2*-1;;;;+2/p-2. The fraction of sp³-hybridized carbons (Fsp3) is 0.103. The second-order valence-corrected chi connectivity index (χ2v) is 9.03. The van der Waals surface area contributed by atoms with E-state index < -0.39 is 0 Å². The van der Waals surface area contributed by atoms with E-state index in [1.807, 2.05) is 6.07 Å². The number of hydrogen-bond acceptors (Lipinski definition) is 1. The summed E-state index contributed by atoms with van der Waals surface area (Å²) in [4.78, 5) is 0. The zero-order valence-electron chi connectivity index (χ0n) is 18.9. The summed E-state index contributed by atoms with van der Waals surface area (Å²) < 4.78 is 3.35. The van der Waals surface area contributed by atoms with E-state index in [4.69, 9.17) is 0 Å². The monoisotopic (exact) mass is 653 g/mol. The van der Waals surface area contributed by atoms with Crippen LogP contribution in [0.15, 0.2) is 83.3 Å². The molecule has 0 bridgehead atoms. The minimum atomic E-state index is 0. The largest absolute Gasteiger partial charge is 0.147 e. The normalized spacial score (nSPS) is 11.3. The van der Waals surface area contributed by atoms with Gasteiger partial charge in [0.15, 0.2) is 0 Å². The number of nitrogens with zero attached hydrogens (tertiary/aromatic N) is 1. The Bertz CT molecular complexity index is 1450. The van der Waals surface area contributed by atoms with Crippen LogP contribution >= 0.6 is 24.8 Å². The topological polar surface area (TPSA) is 4.93 Å². The Labute approximate surface area is 245 Å². The van der Waals surface area contributed by atoms with Crippen molar-refractivity contribution in [1.29, 1.82) is 0 Å². The predicted octanol–water partition coefficient (Wildman–Crippen LogP) is 2.02. The molecule has 4 aromatic carbocycles. The SMILES string of the molecule is Cn1c2c(c3ccccc31)-c1ccc(Br)[c-]c1C2.[Cl-].[Cl-].[S]=[Zr+2].[c-]1cccc2c1-c1ccccc1C2. The molecule has 0 saturated heterocycles. The second kappa shape index (κ2) is 12.2. The van der Waals surface area contributed by atoms with Crippen molar-refractivity contribution in [1.82, 2.24) is 4.57 Å². The third-order valence-electron chi connectivity index (χ3n) is 6.44. The quantitative estimate of drug-likeness (QED) is 0.227. The summed E-state index contributed by atoms with van der Waals surface area (Å²) in [7, 11) is 6.33. The number of rotatable bonds is 0. The Morgan fingerprint density at radius 3 is 2.37 bits per heavy atom. The van der Waals surface area contributed by atoms with Crippen molar-refractivity contribution in [2.45, 2.75) is 12.8 Å². The molecule has 6 heteroatoms. The van der Waals surface area contributed by atoms with Gasteiger partial charge in [-0.2, -0.15) is 18.2 Å². The van der Waals surface area contributed by atoms with Gasteiger partial charge in [-0.3, -0.25) is 0 Å². The average molecular weight is 657 g/mol. The van der Waals surface area contributed by atoms with Crippen LogP contribution in [0.4, 0.5) is 0 Å². The third kappa shape index (κ3) is 5.20. The van der Waals surface area contributed by atoms with Gasteiger partial charge in [0.1, 0.15) is 0 Å². The Kier molecular flexibility index (Phi) is 9.83. The molecule has 0 saturated carbocycles. The predicted molar refractivity (Wildman–Crippen MR) is 139 cm³/mol. The minimum Gasteiger partial charge on any atom is -0.147 e. The fourth-order valence-corrected chi connectivity index (χ4v) is 5.37. The Morgan fingerprint density at radius 1 is 0.829 bits per heavy atom. The molecule has 0 spiro atoms. The van der Waals surface area contributed by atoms with Gasteiger partial charge in [-0.05, 0) is 29.9 Å². The van der Waals surface area contributed by atoms with E-state index in [1.54, 1.807) is 0 Å². The molecule has 2 aliphatic rings. The molecule has 0 amide bonds. The Balaban J connectivity index is 0.000000180. The van der Waals surface area contributed by atoms with Gasteiger partial charge in [-0.25, -0.2) is 0 Å². The van der Waals surface area contributed by atoms with Crippen LogP contribution in [0.2, 0.25) is 0 Å². The summed E-state index contributed by atoms with van der Waals surface area (Å²) in [6.45, 7) is 0.